The first-order valence-corrected chi connectivity index (χ1v) is 10.7. The maximum atomic E-state index is 12.5. The number of nitrogens with zero attached hydrogens (tertiary/aromatic N) is 2. The molecule has 1 amide bonds. The van der Waals surface area contributed by atoms with E-state index in [1.165, 1.54) is 29.5 Å². The lowest BCUT2D eigenvalue weighted by Gasteiger charge is -2.15. The smallest absolute Gasteiger partial charge is 0.272 e. The molecule has 0 fully saturated rings. The lowest BCUT2D eigenvalue weighted by Crippen LogP contribution is -2.34. The van der Waals surface area contributed by atoms with Gasteiger partial charge in [-0.05, 0) is 37.6 Å². The molecule has 25 heavy (non-hydrogen) atoms. The molecule has 138 valence electrons. The fourth-order valence-electron chi connectivity index (χ4n) is 2.66. The van der Waals surface area contributed by atoms with Gasteiger partial charge in [0.2, 0.25) is 5.91 Å². The summed E-state index contributed by atoms with van der Waals surface area (Å²) < 4.78 is 2.32. The normalized spacial score (nSPS) is 12.7. The van der Waals surface area contributed by atoms with Gasteiger partial charge in [-0.3, -0.25) is 14.2 Å². The predicted molar refractivity (Wildman–Crippen MR) is 107 cm³/mol. The van der Waals surface area contributed by atoms with Gasteiger partial charge in [-0.1, -0.05) is 38.5 Å². The second-order valence-electron chi connectivity index (χ2n) is 6.66. The zero-order chi connectivity index (χ0) is 18.4. The van der Waals surface area contributed by atoms with E-state index in [0.29, 0.717) is 27.8 Å². The Labute approximate surface area is 157 Å². The van der Waals surface area contributed by atoms with Gasteiger partial charge < -0.3 is 5.32 Å². The number of carbonyl (C=O) groups is 1. The Bertz CT molecular complexity index is 767. The van der Waals surface area contributed by atoms with Gasteiger partial charge in [0, 0.05) is 12.6 Å². The summed E-state index contributed by atoms with van der Waals surface area (Å²) in [5.74, 6) is 0.961. The third kappa shape index (κ3) is 5.57. The van der Waals surface area contributed by atoms with Gasteiger partial charge in [0.15, 0.2) is 5.16 Å². The Morgan fingerprint density at radius 2 is 2.12 bits per heavy atom. The average Bonchev–Trinajstić information content (AvgIpc) is 3.01. The van der Waals surface area contributed by atoms with Crippen LogP contribution < -0.4 is 10.9 Å². The summed E-state index contributed by atoms with van der Waals surface area (Å²) in [5.41, 5.74) is 0.692. The summed E-state index contributed by atoms with van der Waals surface area (Å²) in [6.45, 7) is 8.94. The number of thioether (sulfide) groups is 1. The van der Waals surface area contributed by atoms with E-state index in [1.807, 2.05) is 25.3 Å². The van der Waals surface area contributed by atoms with E-state index in [0.717, 1.165) is 12.8 Å². The molecule has 0 aliphatic carbocycles. The van der Waals surface area contributed by atoms with Crippen molar-refractivity contribution in [2.75, 3.05) is 5.75 Å². The first kappa shape index (κ1) is 20.0. The number of hydrogen-bond donors (Lipinski definition) is 1. The quantitative estimate of drug-likeness (QED) is 0.528. The number of hydrogen-bond acceptors (Lipinski definition) is 5. The van der Waals surface area contributed by atoms with Crippen molar-refractivity contribution in [1.82, 2.24) is 14.9 Å². The largest absolute Gasteiger partial charge is 0.353 e. The van der Waals surface area contributed by atoms with Gasteiger partial charge in [-0.2, -0.15) is 0 Å². The van der Waals surface area contributed by atoms with Crippen molar-refractivity contribution in [1.29, 1.82) is 0 Å². The van der Waals surface area contributed by atoms with Crippen LogP contribution in [-0.4, -0.2) is 27.3 Å². The van der Waals surface area contributed by atoms with Crippen LogP contribution in [0.1, 0.15) is 47.0 Å². The van der Waals surface area contributed by atoms with Crippen LogP contribution in [0.15, 0.2) is 21.4 Å². The number of carbonyl (C=O) groups excluding carboxylic acids is 1. The van der Waals surface area contributed by atoms with Crippen molar-refractivity contribution in [3.05, 3.63) is 21.8 Å². The highest BCUT2D eigenvalue weighted by atomic mass is 32.2. The molecule has 0 aromatic carbocycles. The second-order valence-corrected chi connectivity index (χ2v) is 8.52. The molecule has 2 heterocycles. The molecular formula is C18H27N3O2S2. The average molecular weight is 382 g/mol. The molecule has 2 aromatic heterocycles. The third-order valence-corrected chi connectivity index (χ3v) is 5.87. The van der Waals surface area contributed by atoms with Gasteiger partial charge >= 0.3 is 0 Å². The molecule has 5 nitrogen and oxygen atoms in total. The molecule has 0 saturated heterocycles. The summed E-state index contributed by atoms with van der Waals surface area (Å²) in [6.07, 6.45) is 3.30. The van der Waals surface area contributed by atoms with E-state index in [1.54, 1.807) is 4.57 Å². The first-order chi connectivity index (χ1) is 11.9. The Hall–Kier alpha value is -1.34. The number of thiophene rings is 1. The van der Waals surface area contributed by atoms with E-state index >= 15 is 0 Å². The molecule has 0 saturated carbocycles. The standard InChI is InChI=1S/C18H27N3O2S2/c1-5-21-17(23)16-14(9-10-24-16)20-18(21)25-11-15(22)19-13(4)8-6-7-12(2)3/h9-10,12-13H,5-8,11H2,1-4H3,(H,19,22). The molecular weight excluding hydrogens is 354 g/mol. The lowest BCUT2D eigenvalue weighted by molar-refractivity contribution is -0.119. The minimum absolute atomic E-state index is 0.00985. The molecule has 0 bridgehead atoms. The van der Waals surface area contributed by atoms with E-state index in [9.17, 15) is 9.59 Å². The van der Waals surface area contributed by atoms with Crippen LogP contribution in [0.25, 0.3) is 10.2 Å². The predicted octanol–water partition coefficient (Wildman–Crippen LogP) is 3.90. The minimum atomic E-state index is -0.0209. The van der Waals surface area contributed by atoms with Crippen LogP contribution in [-0.2, 0) is 11.3 Å². The summed E-state index contributed by atoms with van der Waals surface area (Å²) in [7, 11) is 0. The Balaban J connectivity index is 1.93. The number of aromatic nitrogens is 2. The molecule has 1 N–H and O–H groups in total. The number of fused-ring (bicyclic) bond motifs is 1. The van der Waals surface area contributed by atoms with Gasteiger partial charge in [0.05, 0.1) is 11.3 Å². The van der Waals surface area contributed by atoms with E-state index in [4.69, 9.17) is 0 Å². The van der Waals surface area contributed by atoms with Crippen LogP contribution in [0, 0.1) is 5.92 Å². The van der Waals surface area contributed by atoms with Crippen LogP contribution in [0.4, 0.5) is 0 Å². The molecule has 1 unspecified atom stereocenters. The van der Waals surface area contributed by atoms with Crippen molar-refractivity contribution in [2.45, 2.75) is 64.7 Å². The Morgan fingerprint density at radius 1 is 1.36 bits per heavy atom. The first-order valence-electron chi connectivity index (χ1n) is 8.82. The Morgan fingerprint density at radius 3 is 2.80 bits per heavy atom. The summed E-state index contributed by atoms with van der Waals surface area (Å²) in [4.78, 5) is 29.2. The lowest BCUT2D eigenvalue weighted by atomic mass is 10.0. The molecule has 0 aliphatic heterocycles. The van der Waals surface area contributed by atoms with Gasteiger partial charge in [0.25, 0.3) is 5.56 Å². The molecule has 0 aliphatic rings. The fraction of sp³-hybridized carbons (Fsp3) is 0.611. The highest BCUT2D eigenvalue weighted by molar-refractivity contribution is 7.99. The van der Waals surface area contributed by atoms with Crippen molar-refractivity contribution < 1.29 is 4.79 Å². The monoisotopic (exact) mass is 381 g/mol. The molecule has 0 radical (unpaired) electrons. The number of rotatable bonds is 9. The van der Waals surface area contributed by atoms with E-state index < -0.39 is 0 Å². The zero-order valence-electron chi connectivity index (χ0n) is 15.4. The highest BCUT2D eigenvalue weighted by Gasteiger charge is 2.14. The summed E-state index contributed by atoms with van der Waals surface area (Å²) in [6, 6.07) is 2.02. The Kier molecular flexibility index (Phi) is 7.50. The maximum Gasteiger partial charge on any atom is 0.272 e. The van der Waals surface area contributed by atoms with Crippen LogP contribution in [0.5, 0.6) is 0 Å². The van der Waals surface area contributed by atoms with Gasteiger partial charge in [0.1, 0.15) is 4.70 Å². The van der Waals surface area contributed by atoms with E-state index in [2.05, 4.69) is 24.1 Å². The molecule has 7 heteroatoms. The number of nitrogens with one attached hydrogen (secondary N) is 1. The summed E-state index contributed by atoms with van der Waals surface area (Å²) in [5, 5.41) is 5.52. The SMILES string of the molecule is CCn1c(SCC(=O)NC(C)CCCC(C)C)nc2ccsc2c1=O. The fourth-order valence-corrected chi connectivity index (χ4v) is 4.32. The molecule has 2 aromatic rings. The van der Waals surface area contributed by atoms with Crippen LogP contribution in [0.2, 0.25) is 0 Å². The van der Waals surface area contributed by atoms with Crippen LogP contribution >= 0.6 is 23.1 Å². The van der Waals surface area contributed by atoms with Crippen molar-refractivity contribution >= 4 is 39.2 Å². The van der Waals surface area contributed by atoms with E-state index in [-0.39, 0.29) is 23.3 Å². The van der Waals surface area contributed by atoms with Crippen molar-refractivity contribution in [3.63, 3.8) is 0 Å². The van der Waals surface area contributed by atoms with Crippen molar-refractivity contribution in [2.24, 2.45) is 5.92 Å². The molecule has 1 atom stereocenters. The minimum Gasteiger partial charge on any atom is -0.353 e. The maximum absolute atomic E-state index is 12.5. The third-order valence-electron chi connectivity index (χ3n) is 4.01. The van der Waals surface area contributed by atoms with Crippen LogP contribution in [0.3, 0.4) is 0 Å². The van der Waals surface area contributed by atoms with Gasteiger partial charge in [-0.15, -0.1) is 11.3 Å². The molecule has 0 spiro atoms. The topological polar surface area (TPSA) is 64.0 Å². The van der Waals surface area contributed by atoms with Crippen molar-refractivity contribution in [3.8, 4) is 0 Å². The zero-order valence-corrected chi connectivity index (χ0v) is 17.0. The number of amides is 1. The molecule has 2 rings (SSSR count). The highest BCUT2D eigenvalue weighted by Crippen LogP contribution is 2.20. The van der Waals surface area contributed by atoms with Gasteiger partial charge in [-0.25, -0.2) is 4.98 Å². The second kappa shape index (κ2) is 9.38. The summed E-state index contributed by atoms with van der Waals surface area (Å²) >= 11 is 2.74.